The molecule has 0 radical (unpaired) electrons. The van der Waals surface area contributed by atoms with E-state index in [0.29, 0.717) is 6.54 Å². The first kappa shape index (κ1) is 17.2. The summed E-state index contributed by atoms with van der Waals surface area (Å²) in [5, 5.41) is 13.6. The van der Waals surface area contributed by atoms with Gasteiger partial charge in [-0.15, -0.1) is 0 Å². The number of halogens is 1. The Kier molecular flexibility index (Phi) is 3.87. The van der Waals surface area contributed by atoms with Gasteiger partial charge in [0.2, 0.25) is 0 Å². The van der Waals surface area contributed by atoms with Crippen molar-refractivity contribution in [2.75, 3.05) is 13.6 Å². The fourth-order valence-electron chi connectivity index (χ4n) is 4.85. The zero-order chi connectivity index (χ0) is 18.8. The smallest absolute Gasteiger partial charge is 0.110 e. The Morgan fingerprint density at radius 1 is 1.22 bits per heavy atom. The van der Waals surface area contributed by atoms with Crippen LogP contribution in [0.3, 0.4) is 0 Å². The van der Waals surface area contributed by atoms with Crippen molar-refractivity contribution in [2.45, 2.75) is 44.9 Å². The lowest BCUT2D eigenvalue weighted by atomic mass is 9.96. The third-order valence-corrected chi connectivity index (χ3v) is 6.45. The quantitative estimate of drug-likeness (QED) is 0.733. The Balaban J connectivity index is 1.65. The highest BCUT2D eigenvalue weighted by molar-refractivity contribution is 6.31. The lowest BCUT2D eigenvalue weighted by molar-refractivity contribution is 0.0206. The summed E-state index contributed by atoms with van der Waals surface area (Å²) in [4.78, 5) is 7.00. The number of benzene rings is 1. The molecular weight excluding hydrogens is 358 g/mol. The van der Waals surface area contributed by atoms with E-state index in [9.17, 15) is 5.11 Å². The molecular formula is C22H24ClN3O. The van der Waals surface area contributed by atoms with E-state index in [1.54, 1.807) is 0 Å². The van der Waals surface area contributed by atoms with Gasteiger partial charge in [-0.25, -0.2) is 0 Å². The SMILES string of the molecule is Cc1ccc2c(n1)CCC2(O)Cn1c2c(c3cc(Cl)ccc31)CN(C)CC2. The zero-order valence-corrected chi connectivity index (χ0v) is 16.6. The maximum atomic E-state index is 11.6. The highest BCUT2D eigenvalue weighted by atomic mass is 35.5. The first-order valence-corrected chi connectivity index (χ1v) is 10.00. The number of hydrogen-bond acceptors (Lipinski definition) is 3. The minimum absolute atomic E-state index is 0.571. The Morgan fingerprint density at radius 2 is 2.07 bits per heavy atom. The standard InChI is InChI=1S/C22H24ClN3O/c1-14-3-5-18-19(24-14)7-9-22(18,27)13-26-20-6-4-15(23)11-16(20)17-12-25(2)10-8-21(17)26/h3-6,11,27H,7-10,12-13H2,1-2H3. The van der Waals surface area contributed by atoms with Crippen LogP contribution in [0.5, 0.6) is 0 Å². The van der Waals surface area contributed by atoms with E-state index in [1.165, 1.54) is 22.2 Å². The van der Waals surface area contributed by atoms with E-state index in [-0.39, 0.29) is 0 Å². The van der Waals surface area contributed by atoms with Gasteiger partial charge in [0, 0.05) is 58.1 Å². The molecule has 4 nitrogen and oxygen atoms in total. The summed E-state index contributed by atoms with van der Waals surface area (Å²) in [7, 11) is 2.16. The second kappa shape index (κ2) is 6.06. The van der Waals surface area contributed by atoms with Crippen molar-refractivity contribution < 1.29 is 5.11 Å². The van der Waals surface area contributed by atoms with Gasteiger partial charge in [0.1, 0.15) is 5.60 Å². The lowest BCUT2D eigenvalue weighted by Gasteiger charge is -2.29. The molecule has 5 rings (SSSR count). The molecule has 5 heteroatoms. The van der Waals surface area contributed by atoms with Crippen LogP contribution in [0.25, 0.3) is 10.9 Å². The molecule has 1 unspecified atom stereocenters. The highest BCUT2D eigenvalue weighted by Crippen LogP contribution is 2.40. The van der Waals surface area contributed by atoms with E-state index in [2.05, 4.69) is 39.7 Å². The molecule has 1 atom stereocenters. The van der Waals surface area contributed by atoms with Crippen LogP contribution >= 0.6 is 11.6 Å². The second-order valence-corrected chi connectivity index (χ2v) is 8.58. The summed E-state index contributed by atoms with van der Waals surface area (Å²) in [5.41, 5.74) is 6.05. The van der Waals surface area contributed by atoms with Crippen molar-refractivity contribution in [2.24, 2.45) is 0 Å². The van der Waals surface area contributed by atoms with Crippen LogP contribution in [0, 0.1) is 6.92 Å². The first-order chi connectivity index (χ1) is 12.9. The largest absolute Gasteiger partial charge is 0.383 e. The number of fused-ring (bicyclic) bond motifs is 4. The fraction of sp³-hybridized carbons (Fsp3) is 0.409. The first-order valence-electron chi connectivity index (χ1n) is 9.62. The lowest BCUT2D eigenvalue weighted by Crippen LogP contribution is -2.32. The van der Waals surface area contributed by atoms with E-state index < -0.39 is 5.60 Å². The van der Waals surface area contributed by atoms with Crippen LogP contribution in [-0.4, -0.2) is 33.1 Å². The number of likely N-dealkylation sites (N-methyl/N-ethyl adjacent to an activating group) is 1. The predicted molar refractivity (Wildman–Crippen MR) is 108 cm³/mol. The molecule has 0 bridgehead atoms. The van der Waals surface area contributed by atoms with Crippen molar-refractivity contribution in [3.05, 3.63) is 63.6 Å². The molecule has 0 spiro atoms. The molecule has 1 N–H and O–H groups in total. The van der Waals surface area contributed by atoms with Crippen molar-refractivity contribution in [3.8, 4) is 0 Å². The molecule has 140 valence electrons. The molecule has 1 aliphatic carbocycles. The van der Waals surface area contributed by atoms with Crippen LogP contribution in [0.15, 0.2) is 30.3 Å². The molecule has 3 aromatic rings. The van der Waals surface area contributed by atoms with Gasteiger partial charge >= 0.3 is 0 Å². The third kappa shape index (κ3) is 2.70. The monoisotopic (exact) mass is 381 g/mol. The summed E-state index contributed by atoms with van der Waals surface area (Å²) in [6.07, 6.45) is 2.55. The summed E-state index contributed by atoms with van der Waals surface area (Å²) in [6.45, 7) is 4.54. The molecule has 2 aromatic heterocycles. The van der Waals surface area contributed by atoms with Crippen molar-refractivity contribution in [3.63, 3.8) is 0 Å². The minimum Gasteiger partial charge on any atom is -0.383 e. The van der Waals surface area contributed by atoms with Crippen molar-refractivity contribution >= 4 is 22.5 Å². The number of aliphatic hydroxyl groups is 1. The van der Waals surface area contributed by atoms with Gasteiger partial charge in [0.25, 0.3) is 0 Å². The van der Waals surface area contributed by atoms with Crippen LogP contribution in [-0.2, 0) is 31.5 Å². The topological polar surface area (TPSA) is 41.3 Å². The zero-order valence-electron chi connectivity index (χ0n) is 15.8. The molecule has 0 saturated carbocycles. The van der Waals surface area contributed by atoms with Gasteiger partial charge in [-0.3, -0.25) is 4.98 Å². The number of hydrogen-bond donors (Lipinski definition) is 1. The number of aromatic nitrogens is 2. The Hall–Kier alpha value is -1.88. The maximum Gasteiger partial charge on any atom is 0.110 e. The van der Waals surface area contributed by atoms with Crippen LogP contribution in [0.2, 0.25) is 5.02 Å². The molecule has 1 aliphatic heterocycles. The summed E-state index contributed by atoms with van der Waals surface area (Å²) < 4.78 is 2.34. The van der Waals surface area contributed by atoms with E-state index in [4.69, 9.17) is 11.6 Å². The maximum absolute atomic E-state index is 11.6. The van der Waals surface area contributed by atoms with Gasteiger partial charge in [-0.2, -0.15) is 0 Å². The van der Waals surface area contributed by atoms with Gasteiger partial charge in [0.05, 0.1) is 6.54 Å². The van der Waals surface area contributed by atoms with Gasteiger partial charge in [-0.05, 0) is 56.6 Å². The van der Waals surface area contributed by atoms with Crippen molar-refractivity contribution in [1.82, 2.24) is 14.5 Å². The third-order valence-electron chi connectivity index (χ3n) is 6.22. The number of nitrogens with zero attached hydrogens (tertiary/aromatic N) is 3. The fourth-order valence-corrected chi connectivity index (χ4v) is 5.02. The van der Waals surface area contributed by atoms with E-state index in [0.717, 1.165) is 54.3 Å². The van der Waals surface area contributed by atoms with E-state index >= 15 is 0 Å². The molecule has 2 aliphatic rings. The molecule has 3 heterocycles. The molecule has 27 heavy (non-hydrogen) atoms. The average Bonchev–Trinajstić information content (AvgIpc) is 3.10. The number of aryl methyl sites for hydroxylation is 2. The predicted octanol–water partition coefficient (Wildman–Crippen LogP) is 3.82. The normalized spacial score (nSPS) is 22.2. The Bertz CT molecular complexity index is 1060. The van der Waals surface area contributed by atoms with Crippen molar-refractivity contribution in [1.29, 1.82) is 0 Å². The second-order valence-electron chi connectivity index (χ2n) is 8.14. The minimum atomic E-state index is -0.862. The highest BCUT2D eigenvalue weighted by Gasteiger charge is 2.39. The summed E-state index contributed by atoms with van der Waals surface area (Å²) in [6, 6.07) is 10.2. The van der Waals surface area contributed by atoms with Crippen LogP contribution in [0.1, 0.15) is 34.6 Å². The van der Waals surface area contributed by atoms with Gasteiger partial charge in [-0.1, -0.05) is 17.7 Å². The summed E-state index contributed by atoms with van der Waals surface area (Å²) in [5.74, 6) is 0. The van der Waals surface area contributed by atoms with Crippen LogP contribution in [0.4, 0.5) is 0 Å². The Morgan fingerprint density at radius 3 is 2.93 bits per heavy atom. The van der Waals surface area contributed by atoms with Crippen LogP contribution < -0.4 is 0 Å². The molecule has 0 fully saturated rings. The molecule has 0 amide bonds. The number of rotatable bonds is 2. The van der Waals surface area contributed by atoms with Gasteiger partial charge in [0.15, 0.2) is 0 Å². The van der Waals surface area contributed by atoms with E-state index in [1.807, 2.05) is 19.1 Å². The molecule has 1 aromatic carbocycles. The number of pyridine rings is 1. The Labute approximate surface area is 164 Å². The van der Waals surface area contributed by atoms with Gasteiger partial charge < -0.3 is 14.6 Å². The summed E-state index contributed by atoms with van der Waals surface area (Å²) >= 11 is 6.31. The molecule has 0 saturated heterocycles. The average molecular weight is 382 g/mol.